The van der Waals surface area contributed by atoms with Crippen molar-refractivity contribution in [3.8, 4) is 0 Å². The maximum atomic E-state index is 6.66. The van der Waals surface area contributed by atoms with Gasteiger partial charge in [0.15, 0.2) is 0 Å². The van der Waals surface area contributed by atoms with Crippen LogP contribution >= 0.6 is 0 Å². The van der Waals surface area contributed by atoms with Gasteiger partial charge in [0.25, 0.3) is 0 Å². The molecule has 0 spiro atoms. The smallest absolute Gasteiger partial charge is 0.0197 e. The summed E-state index contributed by atoms with van der Waals surface area (Å²) in [7, 11) is 0. The van der Waals surface area contributed by atoms with Crippen molar-refractivity contribution in [1.29, 1.82) is 0 Å². The minimum atomic E-state index is 0.00604. The Labute approximate surface area is 108 Å². The van der Waals surface area contributed by atoms with Gasteiger partial charge in [-0.2, -0.15) is 0 Å². The summed E-state index contributed by atoms with van der Waals surface area (Å²) >= 11 is 0. The van der Waals surface area contributed by atoms with Crippen LogP contribution in [0.2, 0.25) is 0 Å². The van der Waals surface area contributed by atoms with Crippen LogP contribution in [0.3, 0.4) is 0 Å². The van der Waals surface area contributed by atoms with Crippen LogP contribution < -0.4 is 11.5 Å². The van der Waals surface area contributed by atoms with E-state index >= 15 is 0 Å². The highest BCUT2D eigenvalue weighted by Gasteiger charge is 2.39. The van der Waals surface area contributed by atoms with Crippen molar-refractivity contribution < 1.29 is 0 Å². The van der Waals surface area contributed by atoms with Gasteiger partial charge in [-0.15, -0.1) is 0 Å². The first-order valence-corrected chi connectivity index (χ1v) is 7.58. The first-order valence-electron chi connectivity index (χ1n) is 7.58. The summed E-state index contributed by atoms with van der Waals surface area (Å²) in [4.78, 5) is 0. The first-order chi connectivity index (χ1) is 8.03. The SMILES string of the molecule is CCCCC(CC)CC1(N)CCCC(N)C1C. The number of rotatable bonds is 6. The molecule has 0 aliphatic heterocycles. The van der Waals surface area contributed by atoms with Crippen LogP contribution in [0, 0.1) is 11.8 Å². The van der Waals surface area contributed by atoms with Gasteiger partial charge in [0.05, 0.1) is 0 Å². The van der Waals surface area contributed by atoms with Gasteiger partial charge in [-0.3, -0.25) is 0 Å². The molecule has 0 radical (unpaired) electrons. The predicted molar refractivity (Wildman–Crippen MR) is 75.8 cm³/mol. The average Bonchev–Trinajstić information content (AvgIpc) is 2.31. The maximum Gasteiger partial charge on any atom is 0.0197 e. The highest BCUT2D eigenvalue weighted by atomic mass is 14.8. The molecule has 0 aromatic rings. The highest BCUT2D eigenvalue weighted by Crippen LogP contribution is 2.37. The molecule has 0 saturated heterocycles. The van der Waals surface area contributed by atoms with E-state index in [9.17, 15) is 0 Å². The van der Waals surface area contributed by atoms with Crippen molar-refractivity contribution in [3.05, 3.63) is 0 Å². The largest absolute Gasteiger partial charge is 0.327 e. The molecular formula is C15H32N2. The van der Waals surface area contributed by atoms with Gasteiger partial charge < -0.3 is 11.5 Å². The Hall–Kier alpha value is -0.0800. The molecule has 17 heavy (non-hydrogen) atoms. The summed E-state index contributed by atoms with van der Waals surface area (Å²) in [5.41, 5.74) is 12.9. The summed E-state index contributed by atoms with van der Waals surface area (Å²) in [6.45, 7) is 6.83. The molecule has 2 heteroatoms. The fraction of sp³-hybridized carbons (Fsp3) is 1.00. The van der Waals surface area contributed by atoms with E-state index in [-0.39, 0.29) is 5.54 Å². The summed E-state index contributed by atoms with van der Waals surface area (Å²) in [6.07, 6.45) is 9.97. The summed E-state index contributed by atoms with van der Waals surface area (Å²) in [5, 5.41) is 0. The Kier molecular flexibility index (Phi) is 5.94. The maximum absolute atomic E-state index is 6.66. The van der Waals surface area contributed by atoms with E-state index in [2.05, 4.69) is 20.8 Å². The lowest BCUT2D eigenvalue weighted by molar-refractivity contribution is 0.139. The third kappa shape index (κ3) is 3.96. The lowest BCUT2D eigenvalue weighted by Gasteiger charge is -2.45. The van der Waals surface area contributed by atoms with Gasteiger partial charge in [0.1, 0.15) is 0 Å². The molecule has 0 aromatic carbocycles. The third-order valence-corrected chi connectivity index (χ3v) is 4.94. The fourth-order valence-corrected chi connectivity index (χ4v) is 3.34. The van der Waals surface area contributed by atoms with E-state index in [0.29, 0.717) is 12.0 Å². The van der Waals surface area contributed by atoms with Gasteiger partial charge in [-0.25, -0.2) is 0 Å². The van der Waals surface area contributed by atoms with Crippen molar-refractivity contribution in [2.75, 3.05) is 0 Å². The van der Waals surface area contributed by atoms with Gasteiger partial charge in [-0.1, -0.05) is 52.9 Å². The second-order valence-electron chi connectivity index (χ2n) is 6.20. The zero-order valence-corrected chi connectivity index (χ0v) is 12.0. The van der Waals surface area contributed by atoms with Crippen LogP contribution in [0.15, 0.2) is 0 Å². The predicted octanol–water partition coefficient (Wildman–Crippen LogP) is 3.44. The summed E-state index contributed by atoms with van der Waals surface area (Å²) in [5.74, 6) is 1.28. The van der Waals surface area contributed by atoms with E-state index in [4.69, 9.17) is 11.5 Å². The molecule has 0 bridgehead atoms. The molecule has 0 aromatic heterocycles. The Morgan fingerprint density at radius 2 is 2.06 bits per heavy atom. The van der Waals surface area contributed by atoms with Crippen molar-refractivity contribution in [2.45, 2.75) is 83.7 Å². The molecule has 0 amide bonds. The van der Waals surface area contributed by atoms with Gasteiger partial charge in [-0.05, 0) is 31.1 Å². The highest BCUT2D eigenvalue weighted by molar-refractivity contribution is 4.98. The van der Waals surface area contributed by atoms with Gasteiger partial charge in [0, 0.05) is 11.6 Å². The molecule has 1 saturated carbocycles. The van der Waals surface area contributed by atoms with Gasteiger partial charge in [0.2, 0.25) is 0 Å². The lowest BCUT2D eigenvalue weighted by Crippen LogP contribution is -2.56. The molecule has 2 nitrogen and oxygen atoms in total. The number of unbranched alkanes of at least 4 members (excludes halogenated alkanes) is 1. The van der Waals surface area contributed by atoms with Gasteiger partial charge >= 0.3 is 0 Å². The van der Waals surface area contributed by atoms with Crippen LogP contribution in [-0.4, -0.2) is 11.6 Å². The van der Waals surface area contributed by atoms with E-state index < -0.39 is 0 Å². The standard InChI is InChI=1S/C15H32N2/c1-4-6-8-13(5-2)11-15(17)10-7-9-14(16)12(15)3/h12-14H,4-11,16-17H2,1-3H3. The average molecular weight is 240 g/mol. The molecular weight excluding hydrogens is 208 g/mol. The first kappa shape index (κ1) is 15.0. The molecule has 4 unspecified atom stereocenters. The molecule has 102 valence electrons. The second kappa shape index (κ2) is 6.75. The minimum absolute atomic E-state index is 0.00604. The quantitative estimate of drug-likeness (QED) is 0.747. The minimum Gasteiger partial charge on any atom is -0.327 e. The van der Waals surface area contributed by atoms with Crippen LogP contribution in [0.5, 0.6) is 0 Å². The Morgan fingerprint density at radius 1 is 1.35 bits per heavy atom. The molecule has 0 heterocycles. The Morgan fingerprint density at radius 3 is 2.65 bits per heavy atom. The second-order valence-corrected chi connectivity index (χ2v) is 6.20. The molecule has 1 aliphatic carbocycles. The van der Waals surface area contributed by atoms with Crippen LogP contribution in [0.4, 0.5) is 0 Å². The van der Waals surface area contributed by atoms with Crippen LogP contribution in [0.25, 0.3) is 0 Å². The lowest BCUT2D eigenvalue weighted by atomic mass is 9.67. The van der Waals surface area contributed by atoms with Crippen molar-refractivity contribution >= 4 is 0 Å². The Bertz CT molecular complexity index is 217. The number of hydrogen-bond donors (Lipinski definition) is 2. The summed E-state index contributed by atoms with van der Waals surface area (Å²) in [6, 6.07) is 0.317. The van der Waals surface area contributed by atoms with Crippen LogP contribution in [0.1, 0.15) is 72.1 Å². The van der Waals surface area contributed by atoms with Crippen molar-refractivity contribution in [3.63, 3.8) is 0 Å². The monoisotopic (exact) mass is 240 g/mol. The normalized spacial score (nSPS) is 35.8. The number of hydrogen-bond acceptors (Lipinski definition) is 2. The number of nitrogens with two attached hydrogens (primary N) is 2. The van der Waals surface area contributed by atoms with E-state index in [1.54, 1.807) is 0 Å². The van der Waals surface area contributed by atoms with Crippen LogP contribution in [-0.2, 0) is 0 Å². The molecule has 1 rings (SSSR count). The molecule has 4 atom stereocenters. The van der Waals surface area contributed by atoms with E-state index in [1.165, 1.54) is 44.9 Å². The zero-order valence-electron chi connectivity index (χ0n) is 12.0. The topological polar surface area (TPSA) is 52.0 Å². The Balaban J connectivity index is 2.56. The fourth-order valence-electron chi connectivity index (χ4n) is 3.34. The van der Waals surface area contributed by atoms with Crippen molar-refractivity contribution in [2.24, 2.45) is 23.3 Å². The van der Waals surface area contributed by atoms with E-state index in [0.717, 1.165) is 12.3 Å². The molecule has 1 aliphatic rings. The molecule has 4 N–H and O–H groups in total. The zero-order chi connectivity index (χ0) is 12.9. The van der Waals surface area contributed by atoms with Crippen molar-refractivity contribution in [1.82, 2.24) is 0 Å². The third-order valence-electron chi connectivity index (χ3n) is 4.94. The van der Waals surface area contributed by atoms with E-state index in [1.807, 2.05) is 0 Å². The summed E-state index contributed by atoms with van der Waals surface area (Å²) < 4.78 is 0. The molecule has 1 fully saturated rings.